The highest BCUT2D eigenvalue weighted by atomic mass is 16.5. The molecule has 1 aliphatic heterocycles. The van der Waals surface area contributed by atoms with Gasteiger partial charge < -0.3 is 24.8 Å². The molecule has 0 saturated heterocycles. The fourth-order valence-corrected chi connectivity index (χ4v) is 2.66. The van der Waals surface area contributed by atoms with Crippen LogP contribution < -0.4 is 9.47 Å². The largest absolute Gasteiger partial charge is 0.490 e. The predicted octanol–water partition coefficient (Wildman–Crippen LogP) is 0.166. The van der Waals surface area contributed by atoms with Crippen molar-refractivity contribution in [1.82, 2.24) is 4.90 Å². The maximum Gasteiger partial charge on any atom is 0.167 e. The van der Waals surface area contributed by atoms with Crippen LogP contribution in [-0.4, -0.2) is 65.8 Å². The third-order valence-electron chi connectivity index (χ3n) is 3.63. The number of rotatable bonds is 7. The predicted molar refractivity (Wildman–Crippen MR) is 77.6 cm³/mol. The summed E-state index contributed by atoms with van der Waals surface area (Å²) in [6, 6.07) is 5.15. The summed E-state index contributed by atoms with van der Waals surface area (Å²) < 4.78 is 11.3. The Hall–Kier alpha value is -1.34. The molecule has 2 unspecified atom stereocenters. The summed E-state index contributed by atoms with van der Waals surface area (Å²) in [5, 5.41) is 28.8. The fraction of sp³-hybridized carbons (Fsp3) is 0.600. The Morgan fingerprint density at radius 3 is 2.62 bits per heavy atom. The van der Waals surface area contributed by atoms with Gasteiger partial charge >= 0.3 is 0 Å². The van der Waals surface area contributed by atoms with Gasteiger partial charge in [-0.05, 0) is 13.0 Å². The van der Waals surface area contributed by atoms with Gasteiger partial charge in [-0.25, -0.2) is 0 Å². The minimum Gasteiger partial charge on any atom is -0.490 e. The van der Waals surface area contributed by atoms with E-state index in [-0.39, 0.29) is 25.9 Å². The lowest BCUT2D eigenvalue weighted by Crippen LogP contribution is -2.48. The molecule has 0 radical (unpaired) electrons. The van der Waals surface area contributed by atoms with E-state index in [1.807, 2.05) is 30.0 Å². The Labute approximate surface area is 124 Å². The van der Waals surface area contributed by atoms with Crippen LogP contribution in [0.4, 0.5) is 0 Å². The second-order valence-electron chi connectivity index (χ2n) is 4.91. The molecule has 1 heterocycles. The third kappa shape index (κ3) is 3.47. The highest BCUT2D eigenvalue weighted by Gasteiger charge is 2.34. The first-order chi connectivity index (χ1) is 10.2. The molecule has 0 amide bonds. The molecule has 0 aromatic heterocycles. The Bertz CT molecular complexity index is 448. The number of ether oxygens (including phenoxy) is 2. The van der Waals surface area contributed by atoms with Gasteiger partial charge in [-0.15, -0.1) is 0 Å². The van der Waals surface area contributed by atoms with E-state index in [1.165, 1.54) is 0 Å². The highest BCUT2D eigenvalue weighted by molar-refractivity contribution is 5.49. The van der Waals surface area contributed by atoms with Gasteiger partial charge in [-0.1, -0.05) is 12.1 Å². The summed E-state index contributed by atoms with van der Waals surface area (Å²) in [6.45, 7) is 3.41. The monoisotopic (exact) mass is 297 g/mol. The second-order valence-corrected chi connectivity index (χ2v) is 4.91. The van der Waals surface area contributed by atoms with E-state index in [1.54, 1.807) is 0 Å². The molecule has 2 atom stereocenters. The molecule has 6 heteroatoms. The SMILES string of the molecule is CCOc1cccc2c1OCC(N(CCO)CCO)C2O. The van der Waals surface area contributed by atoms with E-state index in [0.29, 0.717) is 36.8 Å². The number of nitrogens with zero attached hydrogens (tertiary/aromatic N) is 1. The van der Waals surface area contributed by atoms with Crippen LogP contribution in [0.2, 0.25) is 0 Å². The number of hydrogen-bond acceptors (Lipinski definition) is 6. The molecule has 1 aromatic rings. The van der Waals surface area contributed by atoms with Crippen molar-refractivity contribution in [2.24, 2.45) is 0 Å². The summed E-state index contributed by atoms with van der Waals surface area (Å²) in [4.78, 5) is 1.83. The standard InChI is InChI=1S/C15H23NO5/c1-2-20-13-5-3-4-11-14(19)12(10-21-15(11)13)16(6-8-17)7-9-18/h3-5,12,14,17-19H,2,6-10H2,1H3. The second kappa shape index (κ2) is 7.61. The first kappa shape index (κ1) is 16.0. The fourth-order valence-electron chi connectivity index (χ4n) is 2.66. The molecule has 3 N–H and O–H groups in total. The minimum absolute atomic E-state index is 0.0327. The summed E-state index contributed by atoms with van der Waals surface area (Å²) >= 11 is 0. The Morgan fingerprint density at radius 2 is 2.00 bits per heavy atom. The zero-order valence-electron chi connectivity index (χ0n) is 12.2. The molecule has 2 rings (SSSR count). The summed E-state index contributed by atoms with van der Waals surface area (Å²) in [7, 11) is 0. The Balaban J connectivity index is 2.23. The normalized spacial score (nSPS) is 21.0. The van der Waals surface area contributed by atoms with Crippen molar-refractivity contribution in [2.75, 3.05) is 39.5 Å². The summed E-state index contributed by atoms with van der Waals surface area (Å²) in [5.41, 5.74) is 0.679. The third-order valence-corrected chi connectivity index (χ3v) is 3.63. The average molecular weight is 297 g/mol. The van der Waals surface area contributed by atoms with Crippen molar-refractivity contribution in [3.8, 4) is 11.5 Å². The number of benzene rings is 1. The van der Waals surface area contributed by atoms with Gasteiger partial charge in [0.1, 0.15) is 12.7 Å². The maximum atomic E-state index is 10.6. The number of para-hydroxylation sites is 1. The maximum absolute atomic E-state index is 10.6. The van der Waals surface area contributed by atoms with Crippen LogP contribution in [0.5, 0.6) is 11.5 Å². The Morgan fingerprint density at radius 1 is 1.29 bits per heavy atom. The molecule has 0 fully saturated rings. The lowest BCUT2D eigenvalue weighted by Gasteiger charge is -2.38. The average Bonchev–Trinajstić information content (AvgIpc) is 2.49. The van der Waals surface area contributed by atoms with Gasteiger partial charge in [0, 0.05) is 18.7 Å². The van der Waals surface area contributed by atoms with Gasteiger partial charge in [0.2, 0.25) is 0 Å². The lowest BCUT2D eigenvalue weighted by molar-refractivity contribution is -0.00967. The molecular weight excluding hydrogens is 274 g/mol. The number of hydrogen-bond donors (Lipinski definition) is 3. The highest BCUT2D eigenvalue weighted by Crippen LogP contribution is 2.40. The van der Waals surface area contributed by atoms with Gasteiger partial charge in [-0.2, -0.15) is 0 Å². The van der Waals surface area contributed by atoms with Crippen LogP contribution in [0.3, 0.4) is 0 Å². The van der Waals surface area contributed by atoms with Crippen LogP contribution in [0, 0.1) is 0 Å². The van der Waals surface area contributed by atoms with E-state index in [0.717, 1.165) is 0 Å². The molecule has 0 bridgehead atoms. The van der Waals surface area contributed by atoms with E-state index in [9.17, 15) is 5.11 Å². The molecular formula is C15H23NO5. The van der Waals surface area contributed by atoms with Gasteiger partial charge in [0.25, 0.3) is 0 Å². The summed E-state index contributed by atoms with van der Waals surface area (Å²) in [6.07, 6.45) is -0.743. The van der Waals surface area contributed by atoms with Gasteiger partial charge in [0.05, 0.1) is 25.9 Å². The molecule has 0 spiro atoms. The zero-order valence-corrected chi connectivity index (χ0v) is 12.2. The van der Waals surface area contributed by atoms with Crippen molar-refractivity contribution in [1.29, 1.82) is 0 Å². The van der Waals surface area contributed by atoms with Gasteiger partial charge in [0.15, 0.2) is 11.5 Å². The van der Waals surface area contributed by atoms with E-state index in [4.69, 9.17) is 19.7 Å². The topological polar surface area (TPSA) is 82.4 Å². The van der Waals surface area contributed by atoms with Crippen molar-refractivity contribution < 1.29 is 24.8 Å². The van der Waals surface area contributed by atoms with Crippen LogP contribution in [0.1, 0.15) is 18.6 Å². The van der Waals surface area contributed by atoms with Crippen molar-refractivity contribution >= 4 is 0 Å². The van der Waals surface area contributed by atoms with Crippen LogP contribution in [0.15, 0.2) is 18.2 Å². The first-order valence-corrected chi connectivity index (χ1v) is 7.25. The van der Waals surface area contributed by atoms with Crippen LogP contribution in [0.25, 0.3) is 0 Å². The summed E-state index contributed by atoms with van der Waals surface area (Å²) in [5.74, 6) is 1.21. The quantitative estimate of drug-likeness (QED) is 0.665. The molecule has 0 aliphatic carbocycles. The molecule has 1 aliphatic rings. The van der Waals surface area contributed by atoms with Gasteiger partial charge in [-0.3, -0.25) is 4.90 Å². The Kier molecular flexibility index (Phi) is 5.81. The molecule has 6 nitrogen and oxygen atoms in total. The number of aliphatic hydroxyl groups excluding tert-OH is 3. The zero-order chi connectivity index (χ0) is 15.2. The lowest BCUT2D eigenvalue weighted by atomic mass is 9.97. The van der Waals surface area contributed by atoms with Crippen LogP contribution in [-0.2, 0) is 0 Å². The van der Waals surface area contributed by atoms with E-state index >= 15 is 0 Å². The molecule has 0 saturated carbocycles. The van der Waals surface area contributed by atoms with Crippen LogP contribution >= 0.6 is 0 Å². The van der Waals surface area contributed by atoms with Crippen molar-refractivity contribution in [3.63, 3.8) is 0 Å². The van der Waals surface area contributed by atoms with E-state index < -0.39 is 6.10 Å². The molecule has 1 aromatic carbocycles. The number of fused-ring (bicyclic) bond motifs is 1. The molecule has 21 heavy (non-hydrogen) atoms. The number of aliphatic hydroxyl groups is 3. The van der Waals surface area contributed by atoms with Crippen molar-refractivity contribution in [2.45, 2.75) is 19.1 Å². The smallest absolute Gasteiger partial charge is 0.167 e. The van der Waals surface area contributed by atoms with Crippen molar-refractivity contribution in [3.05, 3.63) is 23.8 Å². The van der Waals surface area contributed by atoms with E-state index in [2.05, 4.69) is 0 Å². The molecule has 118 valence electrons. The minimum atomic E-state index is -0.743. The first-order valence-electron chi connectivity index (χ1n) is 7.25.